The van der Waals surface area contributed by atoms with E-state index < -0.39 is 17.8 Å². The summed E-state index contributed by atoms with van der Waals surface area (Å²) in [4.78, 5) is 0. The minimum atomic E-state index is -4.47. The highest BCUT2D eigenvalue weighted by Crippen LogP contribution is 2.35. The summed E-state index contributed by atoms with van der Waals surface area (Å²) < 4.78 is 38.3. The normalized spacial score (nSPS) is 12.8. The number of anilines is 1. The van der Waals surface area contributed by atoms with Crippen LogP contribution in [0.1, 0.15) is 30.9 Å². The molecule has 0 aliphatic rings. The zero-order valence-electron chi connectivity index (χ0n) is 10.5. The summed E-state index contributed by atoms with van der Waals surface area (Å²) in [7, 11) is 0. The molecular formula is C13H15F3N2O. The molecule has 0 fully saturated rings. The van der Waals surface area contributed by atoms with E-state index in [9.17, 15) is 18.3 Å². The number of nitrogens with zero attached hydrogens (tertiary/aromatic N) is 1. The number of hydrogen-bond donors (Lipinski definition) is 2. The molecule has 1 aromatic carbocycles. The number of hydrogen-bond acceptors (Lipinski definition) is 3. The van der Waals surface area contributed by atoms with E-state index in [-0.39, 0.29) is 17.8 Å². The van der Waals surface area contributed by atoms with Crippen LogP contribution in [0.15, 0.2) is 18.2 Å². The number of nitriles is 1. The smallest absolute Gasteiger partial charge is 0.393 e. The zero-order chi connectivity index (χ0) is 14.5. The Morgan fingerprint density at radius 3 is 2.63 bits per heavy atom. The molecule has 0 saturated heterocycles. The Bertz CT molecular complexity index is 466. The first-order valence-corrected chi connectivity index (χ1v) is 5.91. The number of halogens is 3. The van der Waals surface area contributed by atoms with Crippen LogP contribution in [0.2, 0.25) is 0 Å². The molecule has 0 amide bonds. The van der Waals surface area contributed by atoms with Gasteiger partial charge in [-0.3, -0.25) is 0 Å². The second kappa shape index (κ2) is 6.43. The molecular weight excluding hydrogens is 257 g/mol. The van der Waals surface area contributed by atoms with Gasteiger partial charge in [-0.15, -0.1) is 0 Å². The molecule has 0 saturated carbocycles. The van der Waals surface area contributed by atoms with E-state index in [2.05, 4.69) is 5.32 Å². The fourth-order valence-electron chi connectivity index (χ4n) is 1.58. The largest absolute Gasteiger partial charge is 0.418 e. The summed E-state index contributed by atoms with van der Waals surface area (Å²) in [6.07, 6.45) is -4.11. The van der Waals surface area contributed by atoms with Gasteiger partial charge < -0.3 is 10.4 Å². The minimum absolute atomic E-state index is 0.130. The molecule has 1 atom stereocenters. The third-order valence-electron chi connectivity index (χ3n) is 2.72. The van der Waals surface area contributed by atoms with E-state index in [4.69, 9.17) is 5.26 Å². The molecule has 6 heteroatoms. The molecule has 3 nitrogen and oxygen atoms in total. The summed E-state index contributed by atoms with van der Waals surface area (Å²) in [5, 5.41) is 20.7. The number of aliphatic hydroxyl groups is 1. The van der Waals surface area contributed by atoms with E-state index in [0.717, 1.165) is 12.1 Å². The highest BCUT2D eigenvalue weighted by atomic mass is 19.4. The van der Waals surface area contributed by atoms with Crippen LogP contribution in [0.25, 0.3) is 0 Å². The second-order valence-corrected chi connectivity index (χ2v) is 4.15. The van der Waals surface area contributed by atoms with Gasteiger partial charge in [0, 0.05) is 12.2 Å². The third-order valence-corrected chi connectivity index (χ3v) is 2.72. The summed E-state index contributed by atoms with van der Waals surface area (Å²) in [6, 6.07) is 4.99. The van der Waals surface area contributed by atoms with Crippen molar-refractivity contribution in [3.63, 3.8) is 0 Å². The maximum Gasteiger partial charge on any atom is 0.418 e. The summed E-state index contributed by atoms with van der Waals surface area (Å²) in [6.45, 7) is 2.01. The molecule has 0 aliphatic heterocycles. The predicted molar refractivity (Wildman–Crippen MR) is 65.6 cm³/mol. The predicted octanol–water partition coefficient (Wildman–Crippen LogP) is 3.15. The van der Waals surface area contributed by atoms with Gasteiger partial charge in [0.25, 0.3) is 0 Å². The first-order valence-electron chi connectivity index (χ1n) is 5.91. The van der Waals surface area contributed by atoms with E-state index in [1.165, 1.54) is 6.07 Å². The maximum absolute atomic E-state index is 12.8. The Balaban J connectivity index is 2.87. The monoisotopic (exact) mass is 272 g/mol. The average Bonchev–Trinajstić information content (AvgIpc) is 2.37. The zero-order valence-corrected chi connectivity index (χ0v) is 10.5. The Hall–Kier alpha value is -1.74. The summed E-state index contributed by atoms with van der Waals surface area (Å²) >= 11 is 0. The molecule has 2 N–H and O–H groups in total. The minimum Gasteiger partial charge on any atom is -0.393 e. The number of alkyl halides is 3. The van der Waals surface area contributed by atoms with Crippen LogP contribution in [0.5, 0.6) is 0 Å². The van der Waals surface area contributed by atoms with Crippen molar-refractivity contribution >= 4 is 5.69 Å². The van der Waals surface area contributed by atoms with Crippen LogP contribution in [0.4, 0.5) is 18.9 Å². The SMILES string of the molecule is CCC(O)CCNc1cc(C#N)ccc1C(F)(F)F. The van der Waals surface area contributed by atoms with Gasteiger partial charge in [0.15, 0.2) is 0 Å². The van der Waals surface area contributed by atoms with Gasteiger partial charge in [0.05, 0.1) is 23.3 Å². The van der Waals surface area contributed by atoms with Crippen molar-refractivity contribution < 1.29 is 18.3 Å². The van der Waals surface area contributed by atoms with Crippen LogP contribution >= 0.6 is 0 Å². The standard InChI is InChI=1S/C13H15F3N2O/c1-2-10(19)5-6-18-12-7-9(8-17)3-4-11(12)13(14,15)16/h3-4,7,10,18-19H,2,5-6H2,1H3. The summed E-state index contributed by atoms with van der Waals surface area (Å²) in [5.41, 5.74) is -0.779. The molecule has 0 radical (unpaired) electrons. The average molecular weight is 272 g/mol. The van der Waals surface area contributed by atoms with Crippen LogP contribution in [0, 0.1) is 11.3 Å². The van der Waals surface area contributed by atoms with Gasteiger partial charge in [-0.25, -0.2) is 0 Å². The van der Waals surface area contributed by atoms with Crippen LogP contribution in [0.3, 0.4) is 0 Å². The van der Waals surface area contributed by atoms with Crippen LogP contribution in [-0.4, -0.2) is 17.8 Å². The van der Waals surface area contributed by atoms with E-state index in [1.54, 1.807) is 13.0 Å². The lowest BCUT2D eigenvalue weighted by atomic mass is 10.1. The Morgan fingerprint density at radius 1 is 1.42 bits per heavy atom. The lowest BCUT2D eigenvalue weighted by molar-refractivity contribution is -0.136. The molecule has 0 heterocycles. The molecule has 0 aliphatic carbocycles. The third kappa shape index (κ3) is 4.45. The molecule has 0 aromatic heterocycles. The van der Waals surface area contributed by atoms with Gasteiger partial charge in [-0.05, 0) is 31.0 Å². The van der Waals surface area contributed by atoms with Gasteiger partial charge in [-0.1, -0.05) is 6.92 Å². The van der Waals surface area contributed by atoms with Crippen molar-refractivity contribution in [2.75, 3.05) is 11.9 Å². The van der Waals surface area contributed by atoms with E-state index in [1.807, 2.05) is 0 Å². The quantitative estimate of drug-likeness (QED) is 0.865. The number of nitrogens with one attached hydrogen (secondary N) is 1. The number of benzene rings is 1. The molecule has 104 valence electrons. The lowest BCUT2D eigenvalue weighted by Gasteiger charge is -2.15. The number of rotatable bonds is 5. The highest BCUT2D eigenvalue weighted by molar-refractivity contribution is 5.56. The van der Waals surface area contributed by atoms with Crippen molar-refractivity contribution in [3.05, 3.63) is 29.3 Å². The fraction of sp³-hybridized carbons (Fsp3) is 0.462. The van der Waals surface area contributed by atoms with Crippen LogP contribution < -0.4 is 5.32 Å². The van der Waals surface area contributed by atoms with Crippen molar-refractivity contribution in [1.29, 1.82) is 5.26 Å². The molecule has 1 aromatic rings. The van der Waals surface area contributed by atoms with Crippen molar-refractivity contribution in [2.45, 2.75) is 32.0 Å². The Morgan fingerprint density at radius 2 is 2.11 bits per heavy atom. The topological polar surface area (TPSA) is 56.0 Å². The van der Waals surface area contributed by atoms with Gasteiger partial charge in [-0.2, -0.15) is 18.4 Å². The van der Waals surface area contributed by atoms with Gasteiger partial charge >= 0.3 is 6.18 Å². The first kappa shape index (κ1) is 15.3. The molecule has 1 unspecified atom stereocenters. The summed E-state index contributed by atoms with van der Waals surface area (Å²) in [5.74, 6) is 0. The van der Waals surface area contributed by atoms with E-state index >= 15 is 0 Å². The Labute approximate surface area is 109 Å². The molecule has 1 rings (SSSR count). The fourth-order valence-corrected chi connectivity index (χ4v) is 1.58. The molecule has 0 bridgehead atoms. The van der Waals surface area contributed by atoms with Gasteiger partial charge in [0.1, 0.15) is 0 Å². The number of aliphatic hydroxyl groups excluding tert-OH is 1. The van der Waals surface area contributed by atoms with Crippen molar-refractivity contribution in [2.24, 2.45) is 0 Å². The first-order chi connectivity index (χ1) is 8.88. The Kier molecular flexibility index (Phi) is 5.19. The van der Waals surface area contributed by atoms with Gasteiger partial charge in [0.2, 0.25) is 0 Å². The van der Waals surface area contributed by atoms with Crippen molar-refractivity contribution in [3.8, 4) is 6.07 Å². The highest BCUT2D eigenvalue weighted by Gasteiger charge is 2.33. The van der Waals surface area contributed by atoms with Crippen molar-refractivity contribution in [1.82, 2.24) is 0 Å². The van der Waals surface area contributed by atoms with E-state index in [0.29, 0.717) is 12.8 Å². The second-order valence-electron chi connectivity index (χ2n) is 4.15. The van der Waals surface area contributed by atoms with Crippen LogP contribution in [-0.2, 0) is 6.18 Å². The molecule has 0 spiro atoms. The molecule has 19 heavy (non-hydrogen) atoms. The lowest BCUT2D eigenvalue weighted by Crippen LogP contribution is -2.15. The maximum atomic E-state index is 12.8.